The zero-order valence-corrected chi connectivity index (χ0v) is 12.2. The van der Waals surface area contributed by atoms with Crippen LogP contribution >= 0.6 is 11.3 Å². The number of rotatable bonds is 6. The molecule has 1 aromatic heterocycles. The Balaban J connectivity index is 2.26. The van der Waals surface area contributed by atoms with Gasteiger partial charge in [0.05, 0.1) is 29.8 Å². The van der Waals surface area contributed by atoms with Crippen molar-refractivity contribution >= 4 is 23.2 Å². The van der Waals surface area contributed by atoms with Crippen LogP contribution in [0.1, 0.15) is 24.5 Å². The maximum Gasteiger partial charge on any atom is 0.239 e. The molecule has 106 valence electrons. The molecule has 0 saturated carbocycles. The van der Waals surface area contributed by atoms with Gasteiger partial charge in [0.2, 0.25) is 11.8 Å². The molecule has 6 nitrogen and oxygen atoms in total. The zero-order valence-electron chi connectivity index (χ0n) is 11.4. The molecule has 1 heterocycles. The number of nitrogens with zero attached hydrogens (tertiary/aromatic N) is 1. The molecule has 0 spiro atoms. The third-order valence-electron chi connectivity index (χ3n) is 2.58. The van der Waals surface area contributed by atoms with E-state index in [4.69, 9.17) is 5.73 Å². The number of carbonyl (C=O) groups is 2. The molecule has 0 unspecified atom stereocenters. The van der Waals surface area contributed by atoms with Crippen molar-refractivity contribution in [3.05, 3.63) is 16.1 Å². The molecule has 1 atom stereocenters. The quantitative estimate of drug-likeness (QED) is 0.693. The van der Waals surface area contributed by atoms with Gasteiger partial charge in [-0.3, -0.25) is 9.59 Å². The van der Waals surface area contributed by atoms with Crippen LogP contribution in [0, 0.1) is 12.8 Å². The molecule has 0 aliphatic rings. The van der Waals surface area contributed by atoms with Crippen LogP contribution in [0.15, 0.2) is 5.38 Å². The lowest BCUT2D eigenvalue weighted by atomic mass is 10.1. The molecule has 0 saturated heterocycles. The Kier molecular flexibility index (Phi) is 5.91. The summed E-state index contributed by atoms with van der Waals surface area (Å²) in [7, 11) is 0. The third-order valence-corrected chi connectivity index (χ3v) is 3.40. The Bertz CT molecular complexity index is 445. The largest absolute Gasteiger partial charge is 0.349 e. The average molecular weight is 284 g/mol. The molecule has 7 heteroatoms. The monoisotopic (exact) mass is 284 g/mol. The molecule has 4 N–H and O–H groups in total. The first-order valence-electron chi connectivity index (χ1n) is 6.11. The second-order valence-electron chi connectivity index (χ2n) is 4.62. The summed E-state index contributed by atoms with van der Waals surface area (Å²) in [4.78, 5) is 27.3. The summed E-state index contributed by atoms with van der Waals surface area (Å²) in [5.41, 5.74) is 6.48. The second kappa shape index (κ2) is 7.20. The van der Waals surface area contributed by atoms with Crippen LogP contribution in [0.25, 0.3) is 0 Å². The van der Waals surface area contributed by atoms with Gasteiger partial charge in [-0.1, -0.05) is 13.8 Å². The Morgan fingerprint density at radius 3 is 2.63 bits per heavy atom. The number of amides is 2. The Morgan fingerprint density at radius 1 is 1.42 bits per heavy atom. The predicted octanol–water partition coefficient (Wildman–Crippen LogP) is 0.167. The zero-order chi connectivity index (χ0) is 14.4. The van der Waals surface area contributed by atoms with Gasteiger partial charge in [0.15, 0.2) is 0 Å². The van der Waals surface area contributed by atoms with Crippen LogP contribution in [0.5, 0.6) is 0 Å². The van der Waals surface area contributed by atoms with Gasteiger partial charge in [-0.05, 0) is 12.8 Å². The minimum atomic E-state index is -0.589. The molecule has 0 fully saturated rings. The van der Waals surface area contributed by atoms with Crippen molar-refractivity contribution in [2.45, 2.75) is 33.4 Å². The van der Waals surface area contributed by atoms with E-state index in [-0.39, 0.29) is 24.3 Å². The summed E-state index contributed by atoms with van der Waals surface area (Å²) >= 11 is 1.53. The molecule has 0 bridgehead atoms. The maximum absolute atomic E-state index is 11.5. The summed E-state index contributed by atoms with van der Waals surface area (Å²) in [5, 5.41) is 8.05. The number of hydrogen-bond donors (Lipinski definition) is 3. The highest BCUT2D eigenvalue weighted by Crippen LogP contribution is 2.06. The molecule has 0 aliphatic heterocycles. The SMILES string of the molecule is Cc1nc(CNC(=O)CNC(=O)[C@@H](N)C(C)C)cs1. The molecular formula is C12H20N4O2S. The van der Waals surface area contributed by atoms with E-state index in [1.54, 1.807) is 0 Å². The predicted molar refractivity (Wildman–Crippen MR) is 74.5 cm³/mol. The third kappa shape index (κ3) is 5.35. The fraction of sp³-hybridized carbons (Fsp3) is 0.583. The number of carbonyl (C=O) groups excluding carboxylic acids is 2. The summed E-state index contributed by atoms with van der Waals surface area (Å²) in [5.74, 6) is -0.523. The highest BCUT2D eigenvalue weighted by molar-refractivity contribution is 7.09. The van der Waals surface area contributed by atoms with E-state index in [0.717, 1.165) is 10.7 Å². The second-order valence-corrected chi connectivity index (χ2v) is 5.68. The molecule has 1 rings (SSSR count). The van der Waals surface area contributed by atoms with Crippen LogP contribution in [-0.4, -0.2) is 29.4 Å². The van der Waals surface area contributed by atoms with Gasteiger partial charge >= 0.3 is 0 Å². The van der Waals surface area contributed by atoms with Crippen molar-refractivity contribution in [1.82, 2.24) is 15.6 Å². The highest BCUT2D eigenvalue weighted by Gasteiger charge is 2.17. The van der Waals surface area contributed by atoms with E-state index in [1.807, 2.05) is 26.2 Å². The van der Waals surface area contributed by atoms with Crippen molar-refractivity contribution in [2.24, 2.45) is 11.7 Å². The average Bonchev–Trinajstić information content (AvgIpc) is 2.78. The van der Waals surface area contributed by atoms with E-state index in [0.29, 0.717) is 6.54 Å². The Hall–Kier alpha value is -1.47. The summed E-state index contributed by atoms with van der Waals surface area (Å²) < 4.78 is 0. The van der Waals surface area contributed by atoms with Crippen molar-refractivity contribution in [1.29, 1.82) is 0 Å². The summed E-state index contributed by atoms with van der Waals surface area (Å²) in [6, 6.07) is -0.589. The van der Waals surface area contributed by atoms with E-state index in [9.17, 15) is 9.59 Å². The van der Waals surface area contributed by atoms with Crippen LogP contribution in [0.2, 0.25) is 0 Å². The van der Waals surface area contributed by atoms with Crippen molar-refractivity contribution in [3.8, 4) is 0 Å². The number of nitrogens with two attached hydrogens (primary N) is 1. The lowest BCUT2D eigenvalue weighted by Gasteiger charge is -2.14. The van der Waals surface area contributed by atoms with Crippen LogP contribution in [-0.2, 0) is 16.1 Å². The molecule has 0 radical (unpaired) electrons. The molecule has 1 aromatic rings. The Morgan fingerprint density at radius 2 is 2.11 bits per heavy atom. The highest BCUT2D eigenvalue weighted by atomic mass is 32.1. The summed E-state index contributed by atoms with van der Waals surface area (Å²) in [6.07, 6.45) is 0. The van der Waals surface area contributed by atoms with Crippen LogP contribution < -0.4 is 16.4 Å². The van der Waals surface area contributed by atoms with Gasteiger partial charge in [0.25, 0.3) is 0 Å². The van der Waals surface area contributed by atoms with Crippen molar-refractivity contribution in [3.63, 3.8) is 0 Å². The molecular weight excluding hydrogens is 264 g/mol. The van der Waals surface area contributed by atoms with Gasteiger partial charge in [-0.25, -0.2) is 4.98 Å². The van der Waals surface area contributed by atoms with Gasteiger partial charge in [-0.15, -0.1) is 11.3 Å². The normalized spacial score (nSPS) is 12.3. The Labute approximate surface area is 116 Å². The van der Waals surface area contributed by atoms with E-state index in [1.165, 1.54) is 11.3 Å². The van der Waals surface area contributed by atoms with Gasteiger partial charge < -0.3 is 16.4 Å². The number of aryl methyl sites for hydroxylation is 1. The topological polar surface area (TPSA) is 97.1 Å². The standard InChI is InChI=1S/C12H20N4O2S/c1-7(2)11(13)12(18)15-5-10(17)14-4-9-6-19-8(3)16-9/h6-7,11H,4-5,13H2,1-3H3,(H,14,17)(H,15,18)/t11-/m0/s1. The van der Waals surface area contributed by atoms with Crippen molar-refractivity contribution < 1.29 is 9.59 Å². The lowest BCUT2D eigenvalue weighted by Crippen LogP contribution is -2.47. The minimum absolute atomic E-state index is 0.0426. The number of hydrogen-bond acceptors (Lipinski definition) is 5. The first kappa shape index (κ1) is 15.6. The smallest absolute Gasteiger partial charge is 0.239 e. The number of nitrogens with one attached hydrogen (secondary N) is 2. The molecule has 19 heavy (non-hydrogen) atoms. The van der Waals surface area contributed by atoms with Crippen LogP contribution in [0.4, 0.5) is 0 Å². The van der Waals surface area contributed by atoms with Gasteiger partial charge in [-0.2, -0.15) is 0 Å². The molecule has 2 amide bonds. The fourth-order valence-corrected chi connectivity index (χ4v) is 1.94. The maximum atomic E-state index is 11.5. The van der Waals surface area contributed by atoms with Gasteiger partial charge in [0, 0.05) is 5.38 Å². The van der Waals surface area contributed by atoms with E-state index >= 15 is 0 Å². The first-order chi connectivity index (χ1) is 8.90. The fourth-order valence-electron chi connectivity index (χ4n) is 1.33. The van der Waals surface area contributed by atoms with E-state index < -0.39 is 6.04 Å². The molecule has 0 aromatic carbocycles. The number of aromatic nitrogens is 1. The van der Waals surface area contributed by atoms with Gasteiger partial charge in [0.1, 0.15) is 0 Å². The van der Waals surface area contributed by atoms with Crippen LogP contribution in [0.3, 0.4) is 0 Å². The first-order valence-corrected chi connectivity index (χ1v) is 6.99. The van der Waals surface area contributed by atoms with E-state index in [2.05, 4.69) is 15.6 Å². The molecule has 0 aliphatic carbocycles. The summed E-state index contributed by atoms with van der Waals surface area (Å²) in [6.45, 7) is 5.92. The van der Waals surface area contributed by atoms with Crippen molar-refractivity contribution in [2.75, 3.05) is 6.54 Å². The minimum Gasteiger partial charge on any atom is -0.349 e. The lowest BCUT2D eigenvalue weighted by molar-refractivity contribution is -0.127. The number of thiazole rings is 1.